The van der Waals surface area contributed by atoms with Gasteiger partial charge in [0.1, 0.15) is 17.9 Å². The number of benzene rings is 1. The van der Waals surface area contributed by atoms with E-state index in [1.54, 1.807) is 26.7 Å². The molecular weight excluding hydrogens is 266 g/mol. The van der Waals surface area contributed by atoms with Gasteiger partial charge in [0.25, 0.3) is 0 Å². The zero-order chi connectivity index (χ0) is 14.7. The monoisotopic (exact) mass is 285 g/mol. The van der Waals surface area contributed by atoms with Gasteiger partial charge in [-0.25, -0.2) is 9.97 Å². The van der Waals surface area contributed by atoms with Crippen LogP contribution in [-0.4, -0.2) is 30.3 Å². The Morgan fingerprint density at radius 1 is 1.24 bits per heavy atom. The minimum atomic E-state index is 0.0590. The fourth-order valence-corrected chi connectivity index (χ4v) is 2.84. The van der Waals surface area contributed by atoms with Gasteiger partial charge in [0.15, 0.2) is 0 Å². The number of hydrogen-bond donors (Lipinski definition) is 1. The molecule has 3 rings (SSSR count). The van der Waals surface area contributed by atoms with E-state index < -0.39 is 0 Å². The van der Waals surface area contributed by atoms with Crippen molar-refractivity contribution in [1.82, 2.24) is 9.97 Å². The highest BCUT2D eigenvalue weighted by Gasteiger charge is 2.30. The second-order valence-electron chi connectivity index (χ2n) is 5.09. The molecule has 0 radical (unpaired) electrons. The quantitative estimate of drug-likeness (QED) is 0.935. The summed E-state index contributed by atoms with van der Waals surface area (Å²) in [6, 6.07) is 8.15. The molecule has 1 heterocycles. The molecule has 2 atom stereocenters. The maximum atomic E-state index is 5.66. The topological polar surface area (TPSA) is 56.3 Å². The van der Waals surface area contributed by atoms with Crippen molar-refractivity contribution in [3.05, 3.63) is 47.9 Å². The van der Waals surface area contributed by atoms with E-state index in [1.165, 1.54) is 11.1 Å². The maximum Gasteiger partial charge on any atom is 0.129 e. The summed E-state index contributed by atoms with van der Waals surface area (Å²) in [7, 11) is 3.44. The highest BCUT2D eigenvalue weighted by Crippen LogP contribution is 2.35. The number of aromatic nitrogens is 2. The van der Waals surface area contributed by atoms with Crippen molar-refractivity contribution in [2.24, 2.45) is 0 Å². The standard InChI is InChI=1S/C16H19N3O2/c1-20-12-5-3-11-4-6-14(21-2)16(13(11)9-12)19-15-7-8-17-10-18-15/h3,5,7-10,14,16H,4,6H2,1-2H3,(H,17,18,19)/t14-,16+/m0/s1. The van der Waals surface area contributed by atoms with Crippen molar-refractivity contribution in [1.29, 1.82) is 0 Å². The van der Waals surface area contributed by atoms with Crippen LogP contribution < -0.4 is 10.1 Å². The van der Waals surface area contributed by atoms with Gasteiger partial charge < -0.3 is 14.8 Å². The fourth-order valence-electron chi connectivity index (χ4n) is 2.84. The molecule has 0 spiro atoms. The Kier molecular flexibility index (Phi) is 4.01. The van der Waals surface area contributed by atoms with E-state index in [1.807, 2.05) is 12.1 Å². The van der Waals surface area contributed by atoms with Crippen LogP contribution in [0.5, 0.6) is 5.75 Å². The first-order valence-corrected chi connectivity index (χ1v) is 7.04. The minimum absolute atomic E-state index is 0.0590. The number of ether oxygens (including phenoxy) is 2. The molecule has 5 nitrogen and oxygen atoms in total. The van der Waals surface area contributed by atoms with E-state index in [-0.39, 0.29) is 12.1 Å². The first-order chi connectivity index (χ1) is 10.3. The van der Waals surface area contributed by atoms with Gasteiger partial charge in [-0.15, -0.1) is 0 Å². The molecule has 0 amide bonds. The molecule has 0 unspecified atom stereocenters. The van der Waals surface area contributed by atoms with E-state index in [9.17, 15) is 0 Å². The van der Waals surface area contributed by atoms with Crippen LogP contribution in [0.3, 0.4) is 0 Å². The van der Waals surface area contributed by atoms with Crippen LogP contribution >= 0.6 is 0 Å². The maximum absolute atomic E-state index is 5.66. The van der Waals surface area contributed by atoms with Crippen molar-refractivity contribution < 1.29 is 9.47 Å². The Morgan fingerprint density at radius 2 is 2.14 bits per heavy atom. The average Bonchev–Trinajstić information content (AvgIpc) is 2.55. The summed E-state index contributed by atoms with van der Waals surface area (Å²) < 4.78 is 11.0. The Labute approximate surface area is 124 Å². The highest BCUT2D eigenvalue weighted by atomic mass is 16.5. The lowest BCUT2D eigenvalue weighted by Crippen LogP contribution is -2.32. The number of aryl methyl sites for hydroxylation is 1. The highest BCUT2D eigenvalue weighted by molar-refractivity contribution is 5.45. The summed E-state index contributed by atoms with van der Waals surface area (Å²) in [5.41, 5.74) is 2.54. The van der Waals surface area contributed by atoms with Gasteiger partial charge in [-0.3, -0.25) is 0 Å². The molecule has 110 valence electrons. The molecule has 0 fully saturated rings. The molecule has 0 saturated carbocycles. The van der Waals surface area contributed by atoms with Crippen LogP contribution in [0.25, 0.3) is 0 Å². The first-order valence-electron chi connectivity index (χ1n) is 7.04. The minimum Gasteiger partial charge on any atom is -0.497 e. The molecular formula is C16H19N3O2. The molecule has 1 N–H and O–H groups in total. The van der Waals surface area contributed by atoms with E-state index in [0.29, 0.717) is 0 Å². The zero-order valence-corrected chi connectivity index (χ0v) is 12.2. The van der Waals surface area contributed by atoms with E-state index >= 15 is 0 Å². The lowest BCUT2D eigenvalue weighted by Gasteiger charge is -2.33. The number of fused-ring (bicyclic) bond motifs is 1. The van der Waals surface area contributed by atoms with E-state index in [2.05, 4.69) is 27.4 Å². The van der Waals surface area contributed by atoms with Gasteiger partial charge in [-0.2, -0.15) is 0 Å². The van der Waals surface area contributed by atoms with Crippen LogP contribution in [0.2, 0.25) is 0 Å². The summed E-state index contributed by atoms with van der Waals surface area (Å²) >= 11 is 0. The van der Waals surface area contributed by atoms with Crippen LogP contribution in [0.1, 0.15) is 23.6 Å². The second kappa shape index (κ2) is 6.10. The molecule has 0 saturated heterocycles. The fraction of sp³-hybridized carbons (Fsp3) is 0.375. The second-order valence-corrected chi connectivity index (χ2v) is 5.09. The molecule has 5 heteroatoms. The molecule has 0 aliphatic heterocycles. The number of rotatable bonds is 4. The average molecular weight is 285 g/mol. The first kappa shape index (κ1) is 13.8. The SMILES string of the molecule is COc1ccc2c(c1)[C@@H](Nc1ccncn1)[C@@H](OC)CC2. The van der Waals surface area contributed by atoms with Crippen molar-refractivity contribution in [2.75, 3.05) is 19.5 Å². The Bertz CT molecular complexity index is 604. The molecule has 1 aromatic heterocycles. The predicted molar refractivity (Wildman–Crippen MR) is 80.5 cm³/mol. The molecule has 0 bridgehead atoms. The van der Waals surface area contributed by atoms with Crippen molar-refractivity contribution >= 4 is 5.82 Å². The van der Waals surface area contributed by atoms with Gasteiger partial charge in [0, 0.05) is 13.3 Å². The largest absolute Gasteiger partial charge is 0.497 e. The van der Waals surface area contributed by atoms with Crippen LogP contribution in [0, 0.1) is 0 Å². The molecule has 1 aromatic carbocycles. The third-order valence-electron chi connectivity index (χ3n) is 3.95. The van der Waals surface area contributed by atoms with Gasteiger partial charge in [0.2, 0.25) is 0 Å². The van der Waals surface area contributed by atoms with Gasteiger partial charge >= 0.3 is 0 Å². The van der Waals surface area contributed by atoms with E-state index in [0.717, 1.165) is 24.4 Å². The zero-order valence-electron chi connectivity index (χ0n) is 12.2. The van der Waals surface area contributed by atoms with Crippen LogP contribution in [-0.2, 0) is 11.2 Å². The number of methoxy groups -OCH3 is 2. The predicted octanol–water partition coefficient (Wildman–Crippen LogP) is 2.60. The molecule has 2 aromatic rings. The summed E-state index contributed by atoms with van der Waals surface area (Å²) in [5.74, 6) is 1.66. The smallest absolute Gasteiger partial charge is 0.129 e. The number of nitrogens with zero attached hydrogens (tertiary/aromatic N) is 2. The van der Waals surface area contributed by atoms with Crippen molar-refractivity contribution in [3.8, 4) is 5.75 Å². The normalized spacial score (nSPS) is 20.7. The summed E-state index contributed by atoms with van der Waals surface area (Å²) in [4.78, 5) is 8.20. The van der Waals surface area contributed by atoms with Gasteiger partial charge in [-0.1, -0.05) is 6.07 Å². The number of anilines is 1. The number of nitrogens with one attached hydrogen (secondary N) is 1. The lowest BCUT2D eigenvalue weighted by molar-refractivity contribution is 0.0734. The van der Waals surface area contributed by atoms with Crippen molar-refractivity contribution in [3.63, 3.8) is 0 Å². The molecule has 1 aliphatic rings. The Hall–Kier alpha value is -2.14. The van der Waals surface area contributed by atoms with E-state index in [4.69, 9.17) is 9.47 Å². The Balaban J connectivity index is 1.96. The summed E-state index contributed by atoms with van der Waals surface area (Å²) in [6.07, 6.45) is 5.38. The molecule has 21 heavy (non-hydrogen) atoms. The van der Waals surface area contributed by atoms with Gasteiger partial charge in [0.05, 0.1) is 19.3 Å². The van der Waals surface area contributed by atoms with Crippen LogP contribution in [0.4, 0.5) is 5.82 Å². The third kappa shape index (κ3) is 2.83. The third-order valence-corrected chi connectivity index (χ3v) is 3.95. The lowest BCUT2D eigenvalue weighted by atomic mass is 9.85. The summed E-state index contributed by atoms with van der Waals surface area (Å²) in [5, 5.41) is 3.46. The van der Waals surface area contributed by atoms with Crippen LogP contribution in [0.15, 0.2) is 36.8 Å². The number of hydrogen-bond acceptors (Lipinski definition) is 5. The van der Waals surface area contributed by atoms with Gasteiger partial charge in [-0.05, 0) is 42.2 Å². The summed E-state index contributed by atoms with van der Waals surface area (Å²) in [6.45, 7) is 0. The van der Waals surface area contributed by atoms with Crippen molar-refractivity contribution in [2.45, 2.75) is 25.0 Å². The Morgan fingerprint density at radius 3 is 2.86 bits per heavy atom. The molecule has 1 aliphatic carbocycles.